The third-order valence-electron chi connectivity index (χ3n) is 1.70. The van der Waals surface area contributed by atoms with Gasteiger partial charge in [0, 0.05) is 0 Å². The van der Waals surface area contributed by atoms with Crippen molar-refractivity contribution in [3.63, 3.8) is 0 Å². The first-order valence-electron chi connectivity index (χ1n) is 5.09. The highest BCUT2D eigenvalue weighted by molar-refractivity contribution is 5.89. The molecule has 12 heteroatoms. The van der Waals surface area contributed by atoms with E-state index in [0.29, 0.717) is 0 Å². The van der Waals surface area contributed by atoms with Crippen molar-refractivity contribution in [2.45, 2.75) is 31.6 Å². The second kappa shape index (κ2) is 8.73. The van der Waals surface area contributed by atoms with Crippen LogP contribution < -0.4 is 11.1 Å². The molecule has 1 amide bonds. The van der Waals surface area contributed by atoms with E-state index in [1.807, 2.05) is 0 Å². The maximum Gasteiger partial charge on any atom is 0.490 e. The summed E-state index contributed by atoms with van der Waals surface area (Å²) < 4.78 is 31.7. The van der Waals surface area contributed by atoms with Gasteiger partial charge >= 0.3 is 24.1 Å². The summed E-state index contributed by atoms with van der Waals surface area (Å²) in [4.78, 5) is 40.4. The number of carbonyl (C=O) groups excluding carboxylic acids is 1. The fourth-order valence-electron chi connectivity index (χ4n) is 0.663. The van der Waals surface area contributed by atoms with Crippen LogP contribution in [0.4, 0.5) is 13.2 Å². The molecule has 0 saturated carbocycles. The molecule has 0 aromatic rings. The molecule has 0 aliphatic heterocycles. The third kappa shape index (κ3) is 11.2. The van der Waals surface area contributed by atoms with E-state index in [2.05, 4.69) is 5.32 Å². The van der Waals surface area contributed by atoms with Crippen LogP contribution in [0.15, 0.2) is 0 Å². The highest BCUT2D eigenvalue weighted by atomic mass is 19.4. The van der Waals surface area contributed by atoms with Gasteiger partial charge in [-0.3, -0.25) is 14.4 Å². The normalized spacial score (nSPS) is 13.2. The Morgan fingerprint density at radius 1 is 1.14 bits per heavy atom. The highest BCUT2D eigenvalue weighted by Crippen LogP contribution is 2.13. The molecule has 0 heterocycles. The number of carboxylic acids is 3. The van der Waals surface area contributed by atoms with Crippen molar-refractivity contribution >= 4 is 23.8 Å². The number of nitrogens with two attached hydrogens (primary N) is 1. The van der Waals surface area contributed by atoms with Crippen LogP contribution in [-0.2, 0) is 19.2 Å². The van der Waals surface area contributed by atoms with Crippen molar-refractivity contribution in [2.75, 3.05) is 0 Å². The molecule has 9 nitrogen and oxygen atoms in total. The van der Waals surface area contributed by atoms with Crippen LogP contribution in [0.1, 0.15) is 13.3 Å². The van der Waals surface area contributed by atoms with E-state index >= 15 is 0 Å². The molecule has 0 bridgehead atoms. The summed E-state index contributed by atoms with van der Waals surface area (Å²) in [5.74, 6) is -5.97. The van der Waals surface area contributed by atoms with Crippen molar-refractivity contribution in [3.05, 3.63) is 0 Å². The molecule has 0 radical (unpaired) electrons. The van der Waals surface area contributed by atoms with Crippen LogP contribution in [0.25, 0.3) is 0 Å². The zero-order chi connectivity index (χ0) is 17.4. The number of carbonyl (C=O) groups is 4. The number of hydrogen-bond acceptors (Lipinski definition) is 5. The Labute approximate surface area is 115 Å². The summed E-state index contributed by atoms with van der Waals surface area (Å²) in [6.45, 7) is 1.26. The van der Waals surface area contributed by atoms with Crippen LogP contribution in [0, 0.1) is 0 Å². The lowest BCUT2D eigenvalue weighted by atomic mass is 10.2. The van der Waals surface area contributed by atoms with Gasteiger partial charge in [-0.1, -0.05) is 0 Å². The predicted molar refractivity (Wildman–Crippen MR) is 59.2 cm³/mol. The Balaban J connectivity index is 0. The minimum atomic E-state index is -5.08. The van der Waals surface area contributed by atoms with Gasteiger partial charge in [0.1, 0.15) is 6.04 Å². The standard InChI is InChI=1S/C7H12N2O5.C2HF3O2/c1-3(7(13)14)9-6(12)4(8)2-5(10)11;3-2(4,5)1(6)7/h3-4H,2,8H2,1H3,(H,9,12)(H,10,11)(H,13,14);(H,6,7)/t3-,4-;/m0./s1. The summed E-state index contributed by atoms with van der Waals surface area (Å²) in [6.07, 6.45) is -5.61. The molecule has 0 fully saturated rings. The number of hydrogen-bond donors (Lipinski definition) is 5. The molecule has 0 saturated heterocycles. The lowest BCUT2D eigenvalue weighted by Gasteiger charge is -2.12. The topological polar surface area (TPSA) is 167 Å². The van der Waals surface area contributed by atoms with Crippen LogP contribution in [0.3, 0.4) is 0 Å². The zero-order valence-corrected chi connectivity index (χ0v) is 10.5. The van der Waals surface area contributed by atoms with Gasteiger partial charge in [0.05, 0.1) is 12.5 Å². The van der Waals surface area contributed by atoms with Crippen molar-refractivity contribution in [1.29, 1.82) is 0 Å². The zero-order valence-electron chi connectivity index (χ0n) is 10.5. The van der Waals surface area contributed by atoms with E-state index in [1.165, 1.54) is 6.92 Å². The molecule has 0 aromatic heterocycles. The monoisotopic (exact) mass is 318 g/mol. The largest absolute Gasteiger partial charge is 0.490 e. The number of halogens is 3. The van der Waals surface area contributed by atoms with Crippen molar-refractivity contribution in [1.82, 2.24) is 5.32 Å². The first-order valence-corrected chi connectivity index (χ1v) is 5.09. The molecule has 0 aliphatic carbocycles. The van der Waals surface area contributed by atoms with Crippen molar-refractivity contribution in [2.24, 2.45) is 5.73 Å². The minimum absolute atomic E-state index is 0.530. The number of carboxylic acid groups (broad SMARTS) is 3. The van der Waals surface area contributed by atoms with Crippen LogP contribution in [0.2, 0.25) is 0 Å². The second-order valence-electron chi connectivity index (χ2n) is 3.58. The third-order valence-corrected chi connectivity index (χ3v) is 1.70. The Hall–Kier alpha value is -2.37. The maximum absolute atomic E-state index is 11.0. The summed E-state index contributed by atoms with van der Waals surface area (Å²) >= 11 is 0. The number of alkyl halides is 3. The molecular weight excluding hydrogens is 305 g/mol. The number of nitrogens with one attached hydrogen (secondary N) is 1. The Kier molecular flexibility index (Phi) is 8.71. The average molecular weight is 318 g/mol. The highest BCUT2D eigenvalue weighted by Gasteiger charge is 2.38. The smallest absolute Gasteiger partial charge is 0.481 e. The van der Waals surface area contributed by atoms with Crippen LogP contribution in [0.5, 0.6) is 0 Å². The quantitative estimate of drug-likeness (QED) is 0.430. The van der Waals surface area contributed by atoms with Gasteiger partial charge in [0.25, 0.3) is 0 Å². The Morgan fingerprint density at radius 2 is 1.52 bits per heavy atom. The van der Waals surface area contributed by atoms with Gasteiger partial charge in [0.15, 0.2) is 0 Å². The molecule has 6 N–H and O–H groups in total. The number of rotatable bonds is 5. The maximum atomic E-state index is 11.0. The van der Waals surface area contributed by atoms with Gasteiger partial charge in [-0.25, -0.2) is 4.79 Å². The van der Waals surface area contributed by atoms with Crippen molar-refractivity contribution < 1.29 is 47.7 Å². The van der Waals surface area contributed by atoms with Crippen LogP contribution >= 0.6 is 0 Å². The van der Waals surface area contributed by atoms with E-state index in [4.69, 9.17) is 25.8 Å². The lowest BCUT2D eigenvalue weighted by molar-refractivity contribution is -0.192. The number of amides is 1. The summed E-state index contributed by atoms with van der Waals surface area (Å²) in [5, 5.41) is 25.9. The predicted octanol–water partition coefficient (Wildman–Crippen LogP) is -0.989. The van der Waals surface area contributed by atoms with E-state index in [1.54, 1.807) is 0 Å². The molecule has 2 atom stereocenters. The Bertz CT molecular complexity index is 411. The molecule has 21 heavy (non-hydrogen) atoms. The van der Waals surface area contributed by atoms with Gasteiger partial charge in [-0.15, -0.1) is 0 Å². The fourth-order valence-corrected chi connectivity index (χ4v) is 0.663. The van der Waals surface area contributed by atoms with Crippen LogP contribution in [-0.4, -0.2) is 57.4 Å². The molecule has 0 aromatic carbocycles. The molecule has 0 aliphatic rings. The second-order valence-corrected chi connectivity index (χ2v) is 3.58. The van der Waals surface area contributed by atoms with Gasteiger partial charge in [-0.2, -0.15) is 13.2 Å². The van der Waals surface area contributed by atoms with E-state index in [0.717, 1.165) is 0 Å². The first kappa shape index (κ1) is 20.9. The number of aliphatic carboxylic acids is 3. The molecular formula is C9H13F3N2O7. The molecule has 0 rings (SSSR count). The summed E-state index contributed by atoms with van der Waals surface area (Å²) in [7, 11) is 0. The minimum Gasteiger partial charge on any atom is -0.481 e. The molecule has 0 unspecified atom stereocenters. The van der Waals surface area contributed by atoms with Gasteiger partial charge in [-0.05, 0) is 6.92 Å². The van der Waals surface area contributed by atoms with Crippen molar-refractivity contribution in [3.8, 4) is 0 Å². The lowest BCUT2D eigenvalue weighted by Crippen LogP contribution is -2.47. The fraction of sp³-hybridized carbons (Fsp3) is 0.556. The van der Waals surface area contributed by atoms with E-state index in [9.17, 15) is 27.6 Å². The van der Waals surface area contributed by atoms with E-state index < -0.39 is 48.5 Å². The van der Waals surface area contributed by atoms with E-state index in [-0.39, 0.29) is 0 Å². The average Bonchev–Trinajstić information content (AvgIpc) is 2.26. The van der Waals surface area contributed by atoms with Gasteiger partial charge < -0.3 is 26.4 Å². The first-order chi connectivity index (χ1) is 9.28. The molecule has 0 spiro atoms. The summed E-state index contributed by atoms with van der Waals surface area (Å²) in [5.41, 5.74) is 5.18. The summed E-state index contributed by atoms with van der Waals surface area (Å²) in [6, 6.07) is -2.31. The molecule has 122 valence electrons. The van der Waals surface area contributed by atoms with Gasteiger partial charge in [0.2, 0.25) is 5.91 Å². The Morgan fingerprint density at radius 3 is 1.76 bits per heavy atom. The SMILES string of the molecule is C[C@H](NC(=O)[C@@H](N)CC(=O)O)C(=O)O.O=C(O)C(F)(F)F.